The molecule has 0 bridgehead atoms. The number of hydrogen-bond donors (Lipinski definition) is 0. The van der Waals surface area contributed by atoms with Crippen LogP contribution in [0.25, 0.3) is 0 Å². The Labute approximate surface area is 286 Å². The Morgan fingerprint density at radius 2 is 0.587 bits per heavy atom. The maximum Gasteiger partial charge on any atom is 3.00 e. The molecule has 0 aliphatic heterocycles. The number of Topliss-reactive ketones (excluding diaryl/α,β-unsaturated/α-hetero) is 3. The van der Waals surface area contributed by atoms with E-state index in [9.17, 15) is 44.1 Å². The quantitative estimate of drug-likeness (QED) is 0.0808. The summed E-state index contributed by atoms with van der Waals surface area (Å²) in [4.78, 5) is 68.0. The fourth-order valence-electron chi connectivity index (χ4n) is 4.48. The van der Waals surface area contributed by atoms with Crippen LogP contribution in [0, 0.1) is 16.2 Å². The molecule has 0 N–H and O–H groups in total. The first kappa shape index (κ1) is 50.7. The molecular formula is C33H57AlO12. The van der Waals surface area contributed by atoms with Crippen molar-refractivity contribution in [3.8, 4) is 0 Å². The monoisotopic (exact) mass is 672 g/mol. The molecule has 0 rings (SSSR count). The van der Waals surface area contributed by atoms with Crippen LogP contribution in [0.5, 0.6) is 0 Å². The summed E-state index contributed by atoms with van der Waals surface area (Å²) in [6, 6.07) is 0. The molecule has 0 aromatic rings. The molecule has 0 aliphatic rings. The fraction of sp³-hybridized carbons (Fsp3) is 0.818. The van der Waals surface area contributed by atoms with Gasteiger partial charge in [-0.2, -0.15) is 0 Å². The Morgan fingerprint density at radius 3 is 0.696 bits per heavy atom. The summed E-state index contributed by atoms with van der Waals surface area (Å²) in [6.07, 6.45) is 3.93. The normalized spacial score (nSPS) is 11.2. The smallest absolute Gasteiger partial charge is 0.549 e. The van der Waals surface area contributed by atoms with E-state index in [0.29, 0.717) is 19.8 Å². The third-order valence-corrected chi connectivity index (χ3v) is 8.14. The molecule has 0 atom stereocenters. The van der Waals surface area contributed by atoms with Crippen molar-refractivity contribution in [2.24, 2.45) is 16.2 Å². The van der Waals surface area contributed by atoms with Crippen molar-refractivity contribution in [3.05, 3.63) is 0 Å². The molecule has 0 saturated carbocycles. The molecule has 264 valence electrons. The Bertz CT molecular complexity index is 777. The molecule has 0 radical (unpaired) electrons. The van der Waals surface area contributed by atoms with Crippen molar-refractivity contribution in [2.75, 3.05) is 39.6 Å². The molecule has 0 heterocycles. The third-order valence-electron chi connectivity index (χ3n) is 8.14. The third kappa shape index (κ3) is 15.6. The summed E-state index contributed by atoms with van der Waals surface area (Å²) < 4.78 is 15.2. The van der Waals surface area contributed by atoms with E-state index in [1.54, 1.807) is 41.5 Å². The second kappa shape index (κ2) is 27.9. The Hall–Kier alpha value is -2.17. The van der Waals surface area contributed by atoms with Crippen LogP contribution in [0.2, 0.25) is 0 Å². The summed E-state index contributed by atoms with van der Waals surface area (Å²) in [6.45, 7) is 16.9. The van der Waals surface area contributed by atoms with Gasteiger partial charge in [0.25, 0.3) is 0 Å². The molecule has 0 aliphatic carbocycles. The van der Waals surface area contributed by atoms with E-state index in [1.165, 1.54) is 0 Å². The van der Waals surface area contributed by atoms with Crippen molar-refractivity contribution < 1.29 is 58.3 Å². The number of ketones is 3. The second-order valence-electron chi connectivity index (χ2n) is 10.7. The molecule has 0 fully saturated rings. The van der Waals surface area contributed by atoms with Crippen LogP contribution >= 0.6 is 0 Å². The molecular weight excluding hydrogens is 615 g/mol. The standard InChI is InChI=1S/3C11H20O4.Al/c3*1-4-7-15-8-9(12)11(5-2,6-3)10(13)14;/h3*4-8H2,1-3H3,(H,13,14);/q;;;+3/p-3. The van der Waals surface area contributed by atoms with Crippen LogP contribution in [-0.2, 0) is 43.0 Å². The van der Waals surface area contributed by atoms with E-state index in [4.69, 9.17) is 14.2 Å². The van der Waals surface area contributed by atoms with Crippen molar-refractivity contribution >= 4 is 52.6 Å². The van der Waals surface area contributed by atoms with Gasteiger partial charge in [-0.1, -0.05) is 62.3 Å². The number of carbonyl (C=O) groups excluding carboxylic acids is 6. The van der Waals surface area contributed by atoms with Crippen LogP contribution in [0.1, 0.15) is 120 Å². The summed E-state index contributed by atoms with van der Waals surface area (Å²) in [5.41, 5.74) is -4.10. The van der Waals surface area contributed by atoms with E-state index in [2.05, 4.69) is 0 Å². The van der Waals surface area contributed by atoms with Gasteiger partial charge in [-0.15, -0.1) is 0 Å². The van der Waals surface area contributed by atoms with E-state index in [-0.39, 0.29) is 93.1 Å². The van der Waals surface area contributed by atoms with Gasteiger partial charge in [0.05, 0.1) is 34.2 Å². The number of ether oxygens (including phenoxy) is 3. The van der Waals surface area contributed by atoms with E-state index in [0.717, 1.165) is 19.3 Å². The van der Waals surface area contributed by atoms with Crippen LogP contribution in [0.3, 0.4) is 0 Å². The first-order valence-corrected chi connectivity index (χ1v) is 16.1. The first-order valence-electron chi connectivity index (χ1n) is 16.1. The molecule has 46 heavy (non-hydrogen) atoms. The number of carboxylic acid groups (broad SMARTS) is 3. The van der Waals surface area contributed by atoms with Gasteiger partial charge in [-0.05, 0) is 57.8 Å². The van der Waals surface area contributed by atoms with Gasteiger partial charge in [-0.25, -0.2) is 0 Å². The minimum Gasteiger partial charge on any atom is -0.549 e. The van der Waals surface area contributed by atoms with Gasteiger partial charge in [0.2, 0.25) is 0 Å². The van der Waals surface area contributed by atoms with Gasteiger partial charge in [0, 0.05) is 19.8 Å². The van der Waals surface area contributed by atoms with Crippen LogP contribution in [0.4, 0.5) is 0 Å². The Morgan fingerprint density at radius 1 is 0.413 bits per heavy atom. The average Bonchev–Trinajstić information content (AvgIpc) is 3.00. The Balaban J connectivity index is -0.000000285. The molecule has 0 saturated heterocycles. The van der Waals surface area contributed by atoms with Crippen molar-refractivity contribution in [2.45, 2.75) is 120 Å². The zero-order chi connectivity index (χ0) is 35.7. The molecule has 0 spiro atoms. The predicted molar refractivity (Wildman–Crippen MR) is 168 cm³/mol. The molecule has 13 heteroatoms. The summed E-state index contributed by atoms with van der Waals surface area (Å²) in [7, 11) is 0. The van der Waals surface area contributed by atoms with Gasteiger partial charge in [0.15, 0.2) is 17.3 Å². The van der Waals surface area contributed by atoms with Crippen molar-refractivity contribution in [3.63, 3.8) is 0 Å². The minimum atomic E-state index is -1.37. The maximum absolute atomic E-state index is 11.7. The van der Waals surface area contributed by atoms with Crippen LogP contribution in [0.15, 0.2) is 0 Å². The molecule has 0 aromatic heterocycles. The van der Waals surface area contributed by atoms with Crippen molar-refractivity contribution in [1.82, 2.24) is 0 Å². The zero-order valence-corrected chi connectivity index (χ0v) is 30.7. The van der Waals surface area contributed by atoms with Gasteiger partial charge < -0.3 is 43.9 Å². The second-order valence-corrected chi connectivity index (χ2v) is 10.7. The van der Waals surface area contributed by atoms with Gasteiger partial charge in [-0.3, -0.25) is 14.4 Å². The molecule has 0 amide bonds. The number of rotatable bonds is 24. The number of carbonyl (C=O) groups is 6. The average molecular weight is 673 g/mol. The summed E-state index contributed by atoms with van der Waals surface area (Å²) >= 11 is 0. The molecule has 0 aromatic carbocycles. The zero-order valence-electron chi connectivity index (χ0n) is 29.6. The predicted octanol–water partition coefficient (Wildman–Crippen LogP) is 1.23. The maximum atomic E-state index is 11.7. The minimum absolute atomic E-state index is 0. The van der Waals surface area contributed by atoms with Gasteiger partial charge >= 0.3 is 17.4 Å². The number of carboxylic acids is 3. The SMILES string of the molecule is CCCOCC(=O)C(CC)(CC)C(=O)[O-].CCCOCC(=O)C(CC)(CC)C(=O)[O-].CCCOCC(=O)C(CC)(CC)C(=O)[O-].[Al+3]. The first-order chi connectivity index (χ1) is 21.1. The largest absolute Gasteiger partial charge is 3.00 e. The van der Waals surface area contributed by atoms with Crippen molar-refractivity contribution in [1.29, 1.82) is 0 Å². The van der Waals surface area contributed by atoms with E-state index >= 15 is 0 Å². The Kier molecular flexibility index (Phi) is 30.7. The van der Waals surface area contributed by atoms with E-state index in [1.807, 2.05) is 20.8 Å². The van der Waals surface area contributed by atoms with Crippen LogP contribution in [-0.4, -0.2) is 92.3 Å². The van der Waals surface area contributed by atoms with Crippen LogP contribution < -0.4 is 15.3 Å². The summed E-state index contributed by atoms with van der Waals surface area (Å²) in [5, 5.41) is 32.9. The van der Waals surface area contributed by atoms with Gasteiger partial charge in [0.1, 0.15) is 19.8 Å². The van der Waals surface area contributed by atoms with E-state index < -0.39 is 34.2 Å². The fourth-order valence-corrected chi connectivity index (χ4v) is 4.48. The number of hydrogen-bond acceptors (Lipinski definition) is 12. The summed E-state index contributed by atoms with van der Waals surface area (Å²) in [5.74, 6) is -5.05. The topological polar surface area (TPSA) is 199 Å². The number of aliphatic carboxylic acids is 3. The molecule has 12 nitrogen and oxygen atoms in total. The molecule has 0 unspecified atom stereocenters.